The molecule has 4 aromatic rings. The van der Waals surface area contributed by atoms with Crippen LogP contribution in [0.5, 0.6) is 5.75 Å². The van der Waals surface area contributed by atoms with Gasteiger partial charge in [-0.1, -0.05) is 48.0 Å². The number of nitrogens with zero attached hydrogens (tertiary/aromatic N) is 4. The molecule has 0 fully saturated rings. The van der Waals surface area contributed by atoms with Crippen LogP contribution in [-0.4, -0.2) is 33.5 Å². The highest BCUT2D eigenvalue weighted by Crippen LogP contribution is 2.31. The third-order valence-corrected chi connectivity index (χ3v) is 6.86. The number of carbonyl (C=O) groups is 2. The number of hydrogen-bond acceptors (Lipinski definition) is 5. The van der Waals surface area contributed by atoms with Crippen LogP contribution in [0.4, 0.5) is 0 Å². The lowest BCUT2D eigenvalue weighted by Gasteiger charge is -2.23. The highest BCUT2D eigenvalue weighted by atomic mass is 35.5. The Morgan fingerprint density at radius 2 is 1.67 bits per heavy atom. The van der Waals surface area contributed by atoms with Gasteiger partial charge in [-0.15, -0.1) is 0 Å². The third-order valence-electron chi connectivity index (χ3n) is 6.49. The average Bonchev–Trinajstić information content (AvgIpc) is 3.39. The molecule has 8 heteroatoms. The average molecular weight is 535 g/mol. The zero-order valence-corrected chi connectivity index (χ0v) is 22.0. The zero-order chi connectivity index (χ0) is 27.5. The first-order valence-corrected chi connectivity index (χ1v) is 12.5. The lowest BCUT2D eigenvalue weighted by Crippen LogP contribution is -2.39. The summed E-state index contributed by atoms with van der Waals surface area (Å²) in [6.45, 7) is 1.94. The number of para-hydroxylation sites is 1. The maximum atomic E-state index is 13.0. The van der Waals surface area contributed by atoms with Crippen molar-refractivity contribution < 1.29 is 14.3 Å². The zero-order valence-electron chi connectivity index (χ0n) is 21.3. The molecule has 2 amide bonds. The predicted molar refractivity (Wildman–Crippen MR) is 149 cm³/mol. The molecule has 5 rings (SSSR count). The first kappa shape index (κ1) is 25.7. The van der Waals surface area contributed by atoms with E-state index in [9.17, 15) is 14.9 Å². The molecule has 2 heterocycles. The van der Waals surface area contributed by atoms with Crippen molar-refractivity contribution in [2.75, 3.05) is 7.05 Å². The Balaban J connectivity index is 1.54. The van der Waals surface area contributed by atoms with Crippen molar-refractivity contribution in [3.63, 3.8) is 0 Å². The van der Waals surface area contributed by atoms with E-state index in [0.29, 0.717) is 34.2 Å². The number of rotatable bonds is 6. The second kappa shape index (κ2) is 10.8. The van der Waals surface area contributed by atoms with Gasteiger partial charge in [0.05, 0.1) is 11.4 Å². The van der Waals surface area contributed by atoms with Gasteiger partial charge in [0.25, 0.3) is 11.8 Å². The molecule has 0 radical (unpaired) electrons. The predicted octanol–water partition coefficient (Wildman–Crippen LogP) is 5.99. The van der Waals surface area contributed by atoms with E-state index in [1.807, 2.05) is 91.1 Å². The van der Waals surface area contributed by atoms with Crippen LogP contribution < -0.4 is 4.74 Å². The molecule has 192 valence electrons. The first-order valence-electron chi connectivity index (χ1n) is 12.1. The van der Waals surface area contributed by atoms with Crippen LogP contribution in [0, 0.1) is 11.3 Å². The van der Waals surface area contributed by atoms with Crippen LogP contribution in [0.25, 0.3) is 23.0 Å². The number of halogens is 1. The third kappa shape index (κ3) is 5.11. The van der Waals surface area contributed by atoms with Crippen LogP contribution in [0.3, 0.4) is 0 Å². The Bertz CT molecular complexity index is 1680. The second-order valence-electron chi connectivity index (χ2n) is 8.96. The summed E-state index contributed by atoms with van der Waals surface area (Å²) in [4.78, 5) is 26.4. The number of ether oxygens (including phenoxy) is 1. The maximum absolute atomic E-state index is 13.0. The molecule has 0 saturated carbocycles. The Labute approximate surface area is 230 Å². The van der Waals surface area contributed by atoms with Crippen molar-refractivity contribution in [2.24, 2.45) is 0 Å². The minimum absolute atomic E-state index is 0.0552. The van der Waals surface area contributed by atoms with Gasteiger partial charge in [0.1, 0.15) is 24.0 Å². The summed E-state index contributed by atoms with van der Waals surface area (Å²) in [5, 5.41) is 15.0. The lowest BCUT2D eigenvalue weighted by molar-refractivity contribution is -0.138. The molecule has 0 unspecified atom stereocenters. The van der Waals surface area contributed by atoms with E-state index in [1.165, 1.54) is 7.05 Å². The number of hydrogen-bond donors (Lipinski definition) is 0. The van der Waals surface area contributed by atoms with Crippen molar-refractivity contribution in [1.82, 2.24) is 14.7 Å². The highest BCUT2D eigenvalue weighted by molar-refractivity contribution is 6.31. The number of nitriles is 1. The summed E-state index contributed by atoms with van der Waals surface area (Å²) < 4.78 is 7.66. The lowest BCUT2D eigenvalue weighted by atomic mass is 9.93. The molecule has 1 aliphatic heterocycles. The van der Waals surface area contributed by atoms with Crippen molar-refractivity contribution in [2.45, 2.75) is 13.5 Å². The number of carbonyl (C=O) groups excluding carboxylic acids is 2. The molecule has 0 saturated heterocycles. The molecule has 39 heavy (non-hydrogen) atoms. The Hall–Kier alpha value is -4.93. The molecule has 3 aromatic carbocycles. The topological polar surface area (TPSA) is 88.2 Å². The number of aromatic nitrogens is 2. The van der Waals surface area contributed by atoms with Crippen molar-refractivity contribution in [3.05, 3.63) is 118 Å². The van der Waals surface area contributed by atoms with Crippen LogP contribution in [0.2, 0.25) is 5.02 Å². The summed E-state index contributed by atoms with van der Waals surface area (Å²) in [6, 6.07) is 26.5. The molecule has 0 aliphatic carbocycles. The standard InChI is InChI=1S/C31H23ClN4O3/c1-20-26(30(37)35(2)31(38)27(20)17-33)16-23-18-36(24-9-4-3-5-10-24)34-29(23)21-12-14-25(15-13-21)39-19-22-8-6-7-11-28(22)32/h3-16,18H,19H2,1-2H3/b26-16-. The van der Waals surface area contributed by atoms with Gasteiger partial charge in [-0.3, -0.25) is 14.5 Å². The van der Waals surface area contributed by atoms with E-state index in [-0.39, 0.29) is 11.1 Å². The Morgan fingerprint density at radius 3 is 2.36 bits per heavy atom. The van der Waals surface area contributed by atoms with Crippen LogP contribution in [0.1, 0.15) is 18.1 Å². The van der Waals surface area contributed by atoms with Gasteiger partial charge < -0.3 is 4.74 Å². The molecule has 7 nitrogen and oxygen atoms in total. The van der Waals surface area contributed by atoms with Gasteiger partial charge in [-0.05, 0) is 61.0 Å². The molecule has 1 aromatic heterocycles. The van der Waals surface area contributed by atoms with Gasteiger partial charge in [0.2, 0.25) is 0 Å². The number of benzene rings is 3. The minimum atomic E-state index is -0.607. The van der Waals surface area contributed by atoms with E-state index in [1.54, 1.807) is 17.7 Å². The SMILES string of the molecule is CC1=C(C#N)C(=O)N(C)C(=O)/C1=C\c1cn(-c2ccccc2)nc1-c1ccc(OCc2ccccc2Cl)cc1. The van der Waals surface area contributed by atoms with Crippen LogP contribution >= 0.6 is 11.6 Å². The Morgan fingerprint density at radius 1 is 0.974 bits per heavy atom. The minimum Gasteiger partial charge on any atom is -0.489 e. The van der Waals surface area contributed by atoms with Crippen molar-refractivity contribution in [3.8, 4) is 28.8 Å². The number of amides is 2. The van der Waals surface area contributed by atoms with Crippen molar-refractivity contribution in [1.29, 1.82) is 5.26 Å². The highest BCUT2D eigenvalue weighted by Gasteiger charge is 2.33. The van der Waals surface area contributed by atoms with E-state index in [0.717, 1.165) is 21.7 Å². The summed E-state index contributed by atoms with van der Waals surface area (Å²) in [5.41, 5.74) is 4.37. The monoisotopic (exact) mass is 534 g/mol. The smallest absolute Gasteiger partial charge is 0.271 e. The van der Waals surface area contributed by atoms with E-state index >= 15 is 0 Å². The normalized spacial score (nSPS) is 14.6. The molecule has 1 aliphatic rings. The van der Waals surface area contributed by atoms with E-state index in [2.05, 4.69) is 0 Å². The molecule has 0 bridgehead atoms. The first-order chi connectivity index (χ1) is 18.9. The van der Waals surface area contributed by atoms with Gasteiger partial charge >= 0.3 is 0 Å². The molecule has 0 atom stereocenters. The Kier molecular flexibility index (Phi) is 7.13. The fourth-order valence-electron chi connectivity index (χ4n) is 4.27. The van der Waals surface area contributed by atoms with Gasteiger partial charge in [-0.2, -0.15) is 10.4 Å². The number of likely N-dealkylation sites (N-methyl/N-ethyl adjacent to an activating group) is 1. The summed E-state index contributed by atoms with van der Waals surface area (Å²) in [6.07, 6.45) is 3.50. The summed E-state index contributed by atoms with van der Waals surface area (Å²) >= 11 is 6.24. The fraction of sp³-hybridized carbons (Fsp3) is 0.0968. The molecule has 0 N–H and O–H groups in total. The maximum Gasteiger partial charge on any atom is 0.271 e. The molecular weight excluding hydrogens is 512 g/mol. The molecular formula is C31H23ClN4O3. The van der Waals surface area contributed by atoms with Crippen LogP contribution in [-0.2, 0) is 16.2 Å². The van der Waals surface area contributed by atoms with Crippen molar-refractivity contribution >= 4 is 29.5 Å². The van der Waals surface area contributed by atoms with Gasteiger partial charge in [-0.25, -0.2) is 4.68 Å². The second-order valence-corrected chi connectivity index (χ2v) is 9.36. The van der Waals surface area contributed by atoms with Gasteiger partial charge in [0.15, 0.2) is 0 Å². The van der Waals surface area contributed by atoms with Crippen LogP contribution in [0.15, 0.2) is 102 Å². The fourth-order valence-corrected chi connectivity index (χ4v) is 4.46. The quantitative estimate of drug-likeness (QED) is 0.224. The van der Waals surface area contributed by atoms with Gasteiger partial charge in [0, 0.05) is 40.5 Å². The van der Waals surface area contributed by atoms with E-state index in [4.69, 9.17) is 21.4 Å². The summed E-state index contributed by atoms with van der Waals surface area (Å²) in [5.74, 6) is -0.413. The summed E-state index contributed by atoms with van der Waals surface area (Å²) in [7, 11) is 1.37. The number of imide groups is 1. The molecule has 0 spiro atoms. The largest absolute Gasteiger partial charge is 0.489 e. The van der Waals surface area contributed by atoms with E-state index < -0.39 is 11.8 Å².